The van der Waals surface area contributed by atoms with E-state index in [1.807, 2.05) is 12.4 Å². The Kier molecular flexibility index (Phi) is 3.41. The van der Waals surface area contributed by atoms with Crippen molar-refractivity contribution in [1.82, 2.24) is 4.98 Å². The molecule has 2 aliphatic rings. The minimum absolute atomic E-state index is 0.792. The Balaban J connectivity index is 1.65. The highest BCUT2D eigenvalue weighted by molar-refractivity contribution is 5.93. The maximum Gasteiger partial charge on any atom is 0.221 e. The van der Waals surface area contributed by atoms with Gasteiger partial charge < -0.3 is 0 Å². The molecule has 0 spiro atoms. The van der Waals surface area contributed by atoms with Crippen molar-refractivity contribution >= 4 is 10.8 Å². The van der Waals surface area contributed by atoms with Gasteiger partial charge in [-0.1, -0.05) is 18.6 Å². The Morgan fingerprint density at radius 3 is 2.76 bits per heavy atom. The Labute approximate surface area is 149 Å². The van der Waals surface area contributed by atoms with Crippen LogP contribution >= 0.6 is 0 Å². The van der Waals surface area contributed by atoms with E-state index in [9.17, 15) is 0 Å². The zero-order valence-electron chi connectivity index (χ0n) is 15.1. The molecular weight excluding hydrogens is 304 g/mol. The fourth-order valence-electron chi connectivity index (χ4n) is 5.32. The molecule has 2 heteroatoms. The summed E-state index contributed by atoms with van der Waals surface area (Å²) in [5, 5.41) is 2.68. The summed E-state index contributed by atoms with van der Waals surface area (Å²) >= 11 is 0. The summed E-state index contributed by atoms with van der Waals surface area (Å²) in [6.07, 6.45) is 11.8. The molecule has 2 fully saturated rings. The third-order valence-electron chi connectivity index (χ3n) is 6.62. The van der Waals surface area contributed by atoms with Gasteiger partial charge in [0.1, 0.15) is 7.05 Å². The van der Waals surface area contributed by atoms with E-state index >= 15 is 0 Å². The Morgan fingerprint density at radius 2 is 2.00 bits per heavy atom. The molecule has 2 saturated carbocycles. The van der Waals surface area contributed by atoms with Crippen LogP contribution in [0.25, 0.3) is 22.0 Å². The van der Waals surface area contributed by atoms with Crippen molar-refractivity contribution < 1.29 is 4.57 Å². The van der Waals surface area contributed by atoms with Crippen molar-refractivity contribution in [2.75, 3.05) is 0 Å². The van der Waals surface area contributed by atoms with E-state index in [1.165, 1.54) is 53.3 Å². The predicted molar refractivity (Wildman–Crippen MR) is 101 cm³/mol. The van der Waals surface area contributed by atoms with Gasteiger partial charge in [0.05, 0.1) is 10.9 Å². The van der Waals surface area contributed by atoms with Crippen LogP contribution in [-0.2, 0) is 7.05 Å². The van der Waals surface area contributed by atoms with Crippen molar-refractivity contribution in [2.45, 2.75) is 38.5 Å². The summed E-state index contributed by atoms with van der Waals surface area (Å²) in [4.78, 5) is 4.36. The van der Waals surface area contributed by atoms with Crippen LogP contribution in [0.5, 0.6) is 0 Å². The summed E-state index contributed by atoms with van der Waals surface area (Å²) in [7, 11) is 2.13. The van der Waals surface area contributed by atoms with E-state index in [0.29, 0.717) is 0 Å². The molecule has 0 amide bonds. The summed E-state index contributed by atoms with van der Waals surface area (Å²) in [6, 6.07) is 11.6. The number of hydrogen-bond acceptors (Lipinski definition) is 1. The van der Waals surface area contributed by atoms with E-state index in [2.05, 4.69) is 60.1 Å². The maximum atomic E-state index is 4.36. The number of nitrogens with zero attached hydrogens (tertiary/aromatic N) is 2. The van der Waals surface area contributed by atoms with Gasteiger partial charge in [0, 0.05) is 18.5 Å². The second-order valence-corrected chi connectivity index (χ2v) is 8.09. The number of rotatable bonds is 2. The molecule has 5 rings (SSSR count). The molecule has 1 aromatic carbocycles. The van der Waals surface area contributed by atoms with Crippen molar-refractivity contribution in [1.29, 1.82) is 0 Å². The molecule has 0 radical (unpaired) electrons. The molecule has 126 valence electrons. The highest BCUT2D eigenvalue weighted by Crippen LogP contribution is 2.53. The van der Waals surface area contributed by atoms with Crippen LogP contribution < -0.4 is 4.57 Å². The standard InChI is InChI=1S/C23H25N2/c1-15-7-9-24-14-22(15)23-20-6-5-18(13-19(20)8-10-25(23)2)21-12-16-3-4-17(21)11-16/h5-10,13-14,16-17,21H,3-4,11-12H2,1-2H3/q+1. The minimum atomic E-state index is 0.792. The monoisotopic (exact) mass is 329 g/mol. The largest absolute Gasteiger partial charge is 0.264 e. The molecule has 0 N–H and O–H groups in total. The van der Waals surface area contributed by atoms with E-state index < -0.39 is 0 Å². The fraction of sp³-hybridized carbons (Fsp3) is 0.391. The lowest BCUT2D eigenvalue weighted by Crippen LogP contribution is -2.30. The van der Waals surface area contributed by atoms with Crippen molar-refractivity contribution in [3.63, 3.8) is 0 Å². The lowest BCUT2D eigenvalue weighted by Gasteiger charge is -2.22. The zero-order valence-corrected chi connectivity index (χ0v) is 15.1. The van der Waals surface area contributed by atoms with Crippen molar-refractivity contribution in [3.8, 4) is 11.3 Å². The topological polar surface area (TPSA) is 16.8 Å². The molecule has 3 unspecified atom stereocenters. The van der Waals surface area contributed by atoms with Crippen molar-refractivity contribution in [2.24, 2.45) is 18.9 Å². The zero-order chi connectivity index (χ0) is 17.0. The van der Waals surface area contributed by atoms with Crippen LogP contribution in [0.3, 0.4) is 0 Å². The van der Waals surface area contributed by atoms with Gasteiger partial charge in [-0.25, -0.2) is 4.57 Å². The lowest BCUT2D eigenvalue weighted by atomic mass is 9.83. The smallest absolute Gasteiger partial charge is 0.221 e. The first-order valence-electron chi connectivity index (χ1n) is 9.54. The number of hydrogen-bond donors (Lipinski definition) is 0. The summed E-state index contributed by atoms with van der Waals surface area (Å²) < 4.78 is 2.23. The molecule has 3 atom stereocenters. The normalized spacial score (nSPS) is 25.0. The van der Waals surface area contributed by atoms with E-state index in [-0.39, 0.29) is 0 Å². The van der Waals surface area contributed by atoms with Crippen LogP contribution in [0, 0.1) is 18.8 Å². The number of aryl methyl sites for hydroxylation is 2. The summed E-state index contributed by atoms with van der Waals surface area (Å²) in [6.45, 7) is 2.17. The number of aromatic nitrogens is 2. The first kappa shape index (κ1) is 15.1. The molecule has 2 nitrogen and oxygen atoms in total. The quantitative estimate of drug-likeness (QED) is 0.609. The average molecular weight is 329 g/mol. The minimum Gasteiger partial charge on any atom is -0.264 e. The van der Waals surface area contributed by atoms with Crippen LogP contribution in [-0.4, -0.2) is 4.98 Å². The van der Waals surface area contributed by atoms with Gasteiger partial charge in [-0.05, 0) is 72.6 Å². The fourth-order valence-corrected chi connectivity index (χ4v) is 5.32. The Morgan fingerprint density at radius 1 is 1.08 bits per heavy atom. The predicted octanol–water partition coefficient (Wildman–Crippen LogP) is 4.94. The molecule has 2 heterocycles. The van der Waals surface area contributed by atoms with Gasteiger partial charge in [-0.2, -0.15) is 0 Å². The third kappa shape index (κ3) is 2.38. The van der Waals surface area contributed by atoms with Crippen LogP contribution in [0.15, 0.2) is 48.9 Å². The molecule has 0 aliphatic heterocycles. The van der Waals surface area contributed by atoms with E-state index in [4.69, 9.17) is 0 Å². The number of pyridine rings is 2. The van der Waals surface area contributed by atoms with E-state index in [0.717, 1.165) is 17.8 Å². The Bertz CT molecular complexity index is 959. The van der Waals surface area contributed by atoms with Gasteiger partial charge in [0.15, 0.2) is 6.20 Å². The Hall–Kier alpha value is -2.22. The molecule has 0 saturated heterocycles. The van der Waals surface area contributed by atoms with Crippen LogP contribution in [0.2, 0.25) is 0 Å². The molecule has 2 aromatic heterocycles. The van der Waals surface area contributed by atoms with Gasteiger partial charge >= 0.3 is 0 Å². The number of benzene rings is 1. The third-order valence-corrected chi connectivity index (χ3v) is 6.62. The highest BCUT2D eigenvalue weighted by Gasteiger charge is 2.40. The lowest BCUT2D eigenvalue weighted by molar-refractivity contribution is -0.659. The highest BCUT2D eigenvalue weighted by atomic mass is 14.9. The average Bonchev–Trinajstić information content (AvgIpc) is 3.26. The maximum absolute atomic E-state index is 4.36. The van der Waals surface area contributed by atoms with Gasteiger partial charge in [0.2, 0.25) is 5.69 Å². The molecule has 25 heavy (non-hydrogen) atoms. The molecule has 2 aliphatic carbocycles. The second kappa shape index (κ2) is 5.66. The van der Waals surface area contributed by atoms with Crippen LogP contribution in [0.4, 0.5) is 0 Å². The van der Waals surface area contributed by atoms with Gasteiger partial charge in [-0.15, -0.1) is 0 Å². The van der Waals surface area contributed by atoms with E-state index in [1.54, 1.807) is 5.56 Å². The van der Waals surface area contributed by atoms with Crippen LogP contribution in [0.1, 0.15) is 42.7 Å². The van der Waals surface area contributed by atoms with Gasteiger partial charge in [-0.3, -0.25) is 4.98 Å². The molecular formula is C23H25N2+. The summed E-state index contributed by atoms with van der Waals surface area (Å²) in [5.74, 6) is 2.72. The summed E-state index contributed by atoms with van der Waals surface area (Å²) in [5.41, 5.74) is 5.32. The number of fused-ring (bicyclic) bond motifs is 3. The van der Waals surface area contributed by atoms with Gasteiger partial charge in [0.25, 0.3) is 0 Å². The molecule has 3 aromatic rings. The second-order valence-electron chi connectivity index (χ2n) is 8.09. The first-order chi connectivity index (χ1) is 12.2. The SMILES string of the molecule is Cc1ccncc1-c1c2ccc(C3CC4CCC3C4)cc2cc[n+]1C. The van der Waals surface area contributed by atoms with Crippen molar-refractivity contribution in [3.05, 3.63) is 60.0 Å². The first-order valence-corrected chi connectivity index (χ1v) is 9.54. The molecule has 2 bridgehead atoms.